The van der Waals surface area contributed by atoms with Crippen LogP contribution in [-0.4, -0.2) is 38.8 Å². The minimum atomic E-state index is 0.256. The van der Waals surface area contributed by atoms with Gasteiger partial charge in [-0.15, -0.1) is 0 Å². The lowest BCUT2D eigenvalue weighted by atomic mass is 10.0. The van der Waals surface area contributed by atoms with E-state index in [-0.39, 0.29) is 6.04 Å². The molecule has 5 nitrogen and oxygen atoms in total. The van der Waals surface area contributed by atoms with Crippen LogP contribution in [0.4, 0.5) is 0 Å². The van der Waals surface area contributed by atoms with Gasteiger partial charge >= 0.3 is 0 Å². The quantitative estimate of drug-likeness (QED) is 0.888. The zero-order chi connectivity index (χ0) is 14.3. The summed E-state index contributed by atoms with van der Waals surface area (Å²) in [5.41, 5.74) is 8.41. The number of hydrogen-bond donors (Lipinski definition) is 1. The molecule has 3 rings (SSSR count). The van der Waals surface area contributed by atoms with Gasteiger partial charge in [0.2, 0.25) is 5.75 Å². The van der Waals surface area contributed by atoms with Crippen molar-refractivity contribution in [2.24, 2.45) is 5.73 Å². The Labute approximate surface area is 119 Å². The summed E-state index contributed by atoms with van der Waals surface area (Å²) < 4.78 is 16.5. The Hall–Kier alpha value is -1.46. The van der Waals surface area contributed by atoms with E-state index in [1.165, 1.54) is 24.0 Å². The molecule has 2 aliphatic rings. The molecule has 1 aliphatic heterocycles. The first-order chi connectivity index (χ1) is 9.74. The van der Waals surface area contributed by atoms with E-state index in [0.717, 1.165) is 12.3 Å². The fourth-order valence-corrected chi connectivity index (χ4v) is 3.22. The molecule has 1 aliphatic carbocycles. The molecular weight excluding hydrogens is 256 g/mol. The maximum absolute atomic E-state index is 6.00. The minimum Gasteiger partial charge on any atom is -0.493 e. The summed E-state index contributed by atoms with van der Waals surface area (Å²) in [6, 6.07) is 2.97. The molecule has 1 fully saturated rings. The van der Waals surface area contributed by atoms with E-state index in [4.69, 9.17) is 19.9 Å². The van der Waals surface area contributed by atoms with Crippen molar-refractivity contribution in [1.82, 2.24) is 4.90 Å². The molecule has 110 valence electrons. The number of methoxy groups -OCH3 is 3. The molecule has 1 unspecified atom stereocenters. The summed E-state index contributed by atoms with van der Waals surface area (Å²) in [4.78, 5) is 2.48. The van der Waals surface area contributed by atoms with Crippen molar-refractivity contribution < 1.29 is 14.2 Å². The normalized spacial score (nSPS) is 21.7. The summed E-state index contributed by atoms with van der Waals surface area (Å²) in [6.45, 7) is 1.49. The third-order valence-electron chi connectivity index (χ3n) is 4.31. The average molecular weight is 278 g/mol. The number of benzene rings is 1. The van der Waals surface area contributed by atoms with Gasteiger partial charge in [-0.05, 0) is 24.5 Å². The summed E-state index contributed by atoms with van der Waals surface area (Å²) in [5, 5.41) is 0. The summed E-state index contributed by atoms with van der Waals surface area (Å²) >= 11 is 0. The van der Waals surface area contributed by atoms with Crippen molar-refractivity contribution in [2.75, 3.05) is 27.9 Å². The van der Waals surface area contributed by atoms with Crippen LogP contribution in [0.1, 0.15) is 30.0 Å². The summed E-state index contributed by atoms with van der Waals surface area (Å²) in [6.07, 6.45) is 2.53. The number of rotatable bonds is 5. The van der Waals surface area contributed by atoms with Gasteiger partial charge in [0.15, 0.2) is 11.5 Å². The molecule has 5 heteroatoms. The zero-order valence-electron chi connectivity index (χ0n) is 12.3. The lowest BCUT2D eigenvalue weighted by molar-refractivity contribution is 0.208. The van der Waals surface area contributed by atoms with Crippen molar-refractivity contribution in [3.63, 3.8) is 0 Å². The van der Waals surface area contributed by atoms with Crippen LogP contribution in [0, 0.1) is 0 Å². The Balaban J connectivity index is 2.11. The van der Waals surface area contributed by atoms with E-state index in [1.54, 1.807) is 21.3 Å². The topological polar surface area (TPSA) is 57.0 Å². The highest BCUT2D eigenvalue weighted by atomic mass is 16.5. The second-order valence-electron chi connectivity index (χ2n) is 5.37. The number of ether oxygens (including phenoxy) is 3. The van der Waals surface area contributed by atoms with E-state index < -0.39 is 0 Å². The van der Waals surface area contributed by atoms with Crippen LogP contribution in [0.15, 0.2) is 6.07 Å². The lowest BCUT2D eigenvalue weighted by Gasteiger charge is -2.23. The maximum Gasteiger partial charge on any atom is 0.203 e. The van der Waals surface area contributed by atoms with Crippen molar-refractivity contribution >= 4 is 0 Å². The molecule has 0 saturated heterocycles. The van der Waals surface area contributed by atoms with Gasteiger partial charge in [-0.1, -0.05) is 0 Å². The third-order valence-corrected chi connectivity index (χ3v) is 4.31. The maximum atomic E-state index is 6.00. The molecule has 2 N–H and O–H groups in total. The van der Waals surface area contributed by atoms with Gasteiger partial charge < -0.3 is 19.9 Å². The van der Waals surface area contributed by atoms with Gasteiger partial charge in [0, 0.05) is 30.7 Å². The fourth-order valence-electron chi connectivity index (χ4n) is 3.22. The number of fused-ring (bicyclic) bond motifs is 1. The molecule has 0 radical (unpaired) electrons. The molecule has 0 spiro atoms. The van der Waals surface area contributed by atoms with Gasteiger partial charge in [-0.25, -0.2) is 0 Å². The Morgan fingerprint density at radius 3 is 2.35 bits per heavy atom. The number of nitrogens with two attached hydrogens (primary N) is 1. The van der Waals surface area contributed by atoms with E-state index in [9.17, 15) is 0 Å². The highest BCUT2D eigenvalue weighted by molar-refractivity contribution is 5.61. The summed E-state index contributed by atoms with van der Waals surface area (Å²) in [7, 11) is 4.96. The van der Waals surface area contributed by atoms with Crippen LogP contribution < -0.4 is 19.9 Å². The first kappa shape index (κ1) is 13.5. The van der Waals surface area contributed by atoms with E-state index in [1.807, 2.05) is 0 Å². The predicted octanol–water partition coefficient (Wildman–Crippen LogP) is 1.69. The molecule has 0 aromatic heterocycles. The SMILES string of the molecule is COc1cc2c(c(OC)c1OC)CN(C1CC1)C2CN. The highest BCUT2D eigenvalue weighted by Gasteiger charge is 2.41. The molecule has 1 aromatic carbocycles. The van der Waals surface area contributed by atoms with Gasteiger partial charge in [0.05, 0.1) is 21.3 Å². The number of hydrogen-bond acceptors (Lipinski definition) is 5. The molecule has 0 bridgehead atoms. The second kappa shape index (κ2) is 5.14. The zero-order valence-corrected chi connectivity index (χ0v) is 12.3. The minimum absolute atomic E-state index is 0.256. The molecular formula is C15H22N2O3. The highest BCUT2D eigenvalue weighted by Crippen LogP contribution is 2.50. The molecule has 0 amide bonds. The van der Waals surface area contributed by atoms with Crippen molar-refractivity contribution in [3.8, 4) is 17.2 Å². The molecule has 1 saturated carbocycles. The van der Waals surface area contributed by atoms with Gasteiger partial charge in [0.1, 0.15) is 0 Å². The van der Waals surface area contributed by atoms with Gasteiger partial charge in [0.25, 0.3) is 0 Å². The monoisotopic (exact) mass is 278 g/mol. The number of nitrogens with zero attached hydrogens (tertiary/aromatic N) is 1. The van der Waals surface area contributed by atoms with E-state index in [0.29, 0.717) is 24.1 Å². The first-order valence-electron chi connectivity index (χ1n) is 7.02. The Morgan fingerprint density at radius 2 is 1.85 bits per heavy atom. The second-order valence-corrected chi connectivity index (χ2v) is 5.37. The van der Waals surface area contributed by atoms with Crippen molar-refractivity contribution in [1.29, 1.82) is 0 Å². The van der Waals surface area contributed by atoms with Crippen LogP contribution in [-0.2, 0) is 6.54 Å². The third kappa shape index (κ3) is 1.93. The fraction of sp³-hybridized carbons (Fsp3) is 0.600. The van der Waals surface area contributed by atoms with Crippen LogP contribution >= 0.6 is 0 Å². The smallest absolute Gasteiger partial charge is 0.203 e. The largest absolute Gasteiger partial charge is 0.493 e. The van der Waals surface area contributed by atoms with Crippen molar-refractivity contribution in [3.05, 3.63) is 17.2 Å². The summed E-state index contributed by atoms with van der Waals surface area (Å²) in [5.74, 6) is 2.16. The van der Waals surface area contributed by atoms with E-state index in [2.05, 4.69) is 11.0 Å². The molecule has 1 heterocycles. The van der Waals surface area contributed by atoms with Crippen LogP contribution in [0.25, 0.3) is 0 Å². The Morgan fingerprint density at radius 1 is 1.15 bits per heavy atom. The first-order valence-corrected chi connectivity index (χ1v) is 7.02. The van der Waals surface area contributed by atoms with Crippen LogP contribution in [0.5, 0.6) is 17.2 Å². The Kier molecular flexibility index (Phi) is 3.48. The molecule has 1 atom stereocenters. The molecule has 20 heavy (non-hydrogen) atoms. The van der Waals surface area contributed by atoms with E-state index >= 15 is 0 Å². The van der Waals surface area contributed by atoms with Gasteiger partial charge in [-0.3, -0.25) is 4.90 Å². The molecule has 1 aromatic rings. The standard InChI is InChI=1S/C15H22N2O3/c1-18-13-6-10-11(14(19-2)15(13)20-3)8-17(9-4-5-9)12(10)7-16/h6,9,12H,4-5,7-8,16H2,1-3H3. The van der Waals surface area contributed by atoms with Crippen LogP contribution in [0.3, 0.4) is 0 Å². The average Bonchev–Trinajstić information content (AvgIpc) is 3.25. The van der Waals surface area contributed by atoms with Gasteiger partial charge in [-0.2, -0.15) is 0 Å². The lowest BCUT2D eigenvalue weighted by Crippen LogP contribution is -2.29. The van der Waals surface area contributed by atoms with Crippen LogP contribution in [0.2, 0.25) is 0 Å². The van der Waals surface area contributed by atoms with Crippen molar-refractivity contribution in [2.45, 2.75) is 31.5 Å². The Bertz CT molecular complexity index is 514. The predicted molar refractivity (Wildman–Crippen MR) is 76.5 cm³/mol.